The van der Waals surface area contributed by atoms with Gasteiger partial charge in [0.05, 0.1) is 5.69 Å². The molecule has 6 nitrogen and oxygen atoms in total. The predicted molar refractivity (Wildman–Crippen MR) is 90.7 cm³/mol. The summed E-state index contributed by atoms with van der Waals surface area (Å²) in [5.41, 5.74) is 1.74. The lowest BCUT2D eigenvalue weighted by Crippen LogP contribution is -2.01. The van der Waals surface area contributed by atoms with Gasteiger partial charge in [0.15, 0.2) is 5.89 Å². The molecule has 7 heteroatoms. The van der Waals surface area contributed by atoms with Crippen LogP contribution in [0.25, 0.3) is 10.6 Å². The second kappa shape index (κ2) is 7.82. The number of aromatic nitrogens is 4. The van der Waals surface area contributed by atoms with Crippen molar-refractivity contribution in [3.8, 4) is 10.6 Å². The normalized spacial score (nSPS) is 10.5. The van der Waals surface area contributed by atoms with Gasteiger partial charge in [0, 0.05) is 30.7 Å². The zero-order valence-electron chi connectivity index (χ0n) is 13.7. The van der Waals surface area contributed by atoms with E-state index < -0.39 is 0 Å². The van der Waals surface area contributed by atoms with Crippen molar-refractivity contribution in [3.63, 3.8) is 0 Å². The van der Waals surface area contributed by atoms with E-state index in [9.17, 15) is 4.79 Å². The first kappa shape index (κ1) is 17.1. The number of pyridine rings is 1. The van der Waals surface area contributed by atoms with Crippen LogP contribution in [0.2, 0.25) is 0 Å². The molecule has 0 aliphatic carbocycles. The van der Waals surface area contributed by atoms with Gasteiger partial charge in [-0.15, -0.1) is 10.2 Å². The third-order valence-electron chi connectivity index (χ3n) is 2.99. The second-order valence-electron chi connectivity index (χ2n) is 5.25. The van der Waals surface area contributed by atoms with E-state index in [4.69, 9.17) is 4.42 Å². The highest BCUT2D eigenvalue weighted by Gasteiger charge is 2.09. The minimum absolute atomic E-state index is 0.117. The number of nitrogens with one attached hydrogen (secondary N) is 1. The second-order valence-corrected chi connectivity index (χ2v) is 6.26. The van der Waals surface area contributed by atoms with Gasteiger partial charge >= 0.3 is 0 Å². The molecule has 3 aromatic heterocycles. The number of aryl methyl sites for hydroxylation is 2. The van der Waals surface area contributed by atoms with E-state index in [0.717, 1.165) is 33.6 Å². The van der Waals surface area contributed by atoms with Crippen molar-refractivity contribution in [1.82, 2.24) is 20.2 Å². The summed E-state index contributed by atoms with van der Waals surface area (Å²) in [7, 11) is 0. The summed E-state index contributed by atoms with van der Waals surface area (Å²) < 4.78 is 4.94. The summed E-state index contributed by atoms with van der Waals surface area (Å²) in [6, 6.07) is 3.36. The molecule has 0 saturated carbocycles. The molecule has 122 valence electrons. The number of oxazole rings is 1. The summed E-state index contributed by atoms with van der Waals surface area (Å²) in [5, 5.41) is 9.93. The molecule has 0 atom stereocenters. The Labute approximate surface area is 138 Å². The Morgan fingerprint density at radius 1 is 1.35 bits per heavy atom. The molecule has 1 N–H and O–H groups in total. The molecular formula is C16H20N4O2S. The minimum Gasteiger partial charge on any atom is -0.449 e. The molecule has 0 spiro atoms. The van der Waals surface area contributed by atoms with Crippen molar-refractivity contribution >= 4 is 11.3 Å². The van der Waals surface area contributed by atoms with Crippen LogP contribution in [-0.4, -0.2) is 20.2 Å². The van der Waals surface area contributed by atoms with Crippen molar-refractivity contribution < 1.29 is 4.42 Å². The number of nitrogens with zero attached hydrogens (tertiary/aromatic N) is 3. The monoisotopic (exact) mass is 332 g/mol. The first-order chi connectivity index (χ1) is 11.0. The maximum Gasteiger partial charge on any atom is 0.248 e. The molecule has 3 rings (SSSR count). The fraction of sp³-hybridized carbons (Fsp3) is 0.375. The van der Waals surface area contributed by atoms with E-state index in [0.29, 0.717) is 5.92 Å². The van der Waals surface area contributed by atoms with Crippen molar-refractivity contribution in [2.75, 3.05) is 0 Å². The average Bonchev–Trinajstić information content (AvgIpc) is 3.16. The molecule has 3 aromatic rings. The van der Waals surface area contributed by atoms with E-state index >= 15 is 0 Å². The number of hydrogen-bond donors (Lipinski definition) is 1. The molecule has 0 aliphatic heterocycles. The van der Waals surface area contributed by atoms with E-state index in [1.54, 1.807) is 12.5 Å². The number of rotatable bonds is 3. The highest BCUT2D eigenvalue weighted by Crippen LogP contribution is 2.25. The Bertz CT molecular complexity index is 804. The third kappa shape index (κ3) is 4.85. The molecule has 0 unspecified atom stereocenters. The fourth-order valence-corrected chi connectivity index (χ4v) is 2.57. The number of hydrogen-bond acceptors (Lipinski definition) is 6. The van der Waals surface area contributed by atoms with Crippen molar-refractivity contribution in [2.45, 2.75) is 40.0 Å². The quantitative estimate of drug-likeness (QED) is 0.792. The first-order valence-corrected chi connectivity index (χ1v) is 8.24. The smallest absolute Gasteiger partial charge is 0.248 e. The molecule has 0 saturated heterocycles. The Kier molecular flexibility index (Phi) is 5.81. The lowest BCUT2D eigenvalue weighted by Gasteiger charge is -1.94. The zero-order chi connectivity index (χ0) is 16.8. The topological polar surface area (TPSA) is 84.7 Å². The Balaban J connectivity index is 0.000000203. The van der Waals surface area contributed by atoms with Gasteiger partial charge in [0.25, 0.3) is 0 Å². The SMILES string of the molecule is CC(C)c1nnc(-c2cc[nH]c(=O)c2)s1.CCc1coc(C)n1. The van der Waals surface area contributed by atoms with Gasteiger partial charge in [0.2, 0.25) is 5.56 Å². The maximum atomic E-state index is 11.1. The van der Waals surface area contributed by atoms with Crippen molar-refractivity contribution in [1.29, 1.82) is 0 Å². The molecule has 0 aromatic carbocycles. The van der Waals surface area contributed by atoms with Crippen LogP contribution in [0, 0.1) is 6.92 Å². The van der Waals surface area contributed by atoms with Gasteiger partial charge in [-0.1, -0.05) is 32.1 Å². The summed E-state index contributed by atoms with van der Waals surface area (Å²) >= 11 is 1.53. The Morgan fingerprint density at radius 3 is 2.61 bits per heavy atom. The summed E-state index contributed by atoms with van der Waals surface area (Å²) in [6.07, 6.45) is 4.26. The van der Waals surface area contributed by atoms with Crippen LogP contribution < -0.4 is 5.56 Å². The average molecular weight is 332 g/mol. The van der Waals surface area contributed by atoms with Gasteiger partial charge in [0.1, 0.15) is 16.3 Å². The first-order valence-electron chi connectivity index (χ1n) is 7.43. The maximum absolute atomic E-state index is 11.1. The van der Waals surface area contributed by atoms with E-state index in [1.807, 2.05) is 13.0 Å². The standard InChI is InChI=1S/C10H11N3OS.C6H9NO/c1-6(2)9-12-13-10(15-9)7-3-4-11-8(14)5-7;1-3-6-4-8-5(2)7-6/h3-6H,1-2H3,(H,11,14);4H,3H2,1-2H3. The molecule has 3 heterocycles. The molecule has 0 radical (unpaired) electrons. The lowest BCUT2D eigenvalue weighted by molar-refractivity contribution is 0.520. The van der Waals surface area contributed by atoms with E-state index in [1.165, 1.54) is 17.4 Å². The largest absolute Gasteiger partial charge is 0.449 e. The van der Waals surface area contributed by atoms with Crippen molar-refractivity contribution in [2.24, 2.45) is 0 Å². The predicted octanol–water partition coefficient (Wildman–Crippen LogP) is 3.56. The van der Waals surface area contributed by atoms with Crippen LogP contribution in [0.15, 0.2) is 33.8 Å². The highest BCUT2D eigenvalue weighted by atomic mass is 32.1. The van der Waals surface area contributed by atoms with Crippen LogP contribution >= 0.6 is 11.3 Å². The van der Waals surface area contributed by atoms with Crippen LogP contribution in [0.4, 0.5) is 0 Å². The molecule has 0 aliphatic rings. The Morgan fingerprint density at radius 2 is 2.13 bits per heavy atom. The minimum atomic E-state index is -0.117. The summed E-state index contributed by atoms with van der Waals surface area (Å²) in [6.45, 7) is 8.04. The zero-order valence-corrected chi connectivity index (χ0v) is 14.5. The fourth-order valence-electron chi connectivity index (χ4n) is 1.73. The molecule has 0 amide bonds. The van der Waals surface area contributed by atoms with Crippen LogP contribution in [0.1, 0.15) is 43.3 Å². The van der Waals surface area contributed by atoms with Gasteiger partial charge < -0.3 is 9.40 Å². The van der Waals surface area contributed by atoms with Crippen LogP contribution in [0.3, 0.4) is 0 Å². The van der Waals surface area contributed by atoms with Gasteiger partial charge in [-0.05, 0) is 12.5 Å². The lowest BCUT2D eigenvalue weighted by atomic mass is 10.2. The Hall–Kier alpha value is -2.28. The van der Waals surface area contributed by atoms with Gasteiger partial charge in [-0.3, -0.25) is 4.79 Å². The van der Waals surface area contributed by atoms with Gasteiger partial charge in [-0.25, -0.2) is 4.98 Å². The molecule has 23 heavy (non-hydrogen) atoms. The van der Waals surface area contributed by atoms with Gasteiger partial charge in [-0.2, -0.15) is 0 Å². The molecule has 0 fully saturated rings. The highest BCUT2D eigenvalue weighted by molar-refractivity contribution is 7.14. The molecular weight excluding hydrogens is 312 g/mol. The van der Waals surface area contributed by atoms with E-state index in [2.05, 4.69) is 40.9 Å². The summed E-state index contributed by atoms with van der Waals surface area (Å²) in [4.78, 5) is 17.7. The van der Waals surface area contributed by atoms with Crippen LogP contribution in [0.5, 0.6) is 0 Å². The number of H-pyrrole nitrogens is 1. The number of aromatic amines is 1. The third-order valence-corrected chi connectivity index (χ3v) is 4.26. The van der Waals surface area contributed by atoms with Crippen LogP contribution in [-0.2, 0) is 6.42 Å². The summed E-state index contributed by atoms with van der Waals surface area (Å²) in [5.74, 6) is 1.13. The van der Waals surface area contributed by atoms with E-state index in [-0.39, 0.29) is 5.56 Å². The van der Waals surface area contributed by atoms with Crippen molar-refractivity contribution in [3.05, 3.63) is 51.5 Å². The molecule has 0 bridgehead atoms.